The highest BCUT2D eigenvalue weighted by atomic mass is 14.9. The van der Waals surface area contributed by atoms with E-state index in [1.54, 1.807) is 0 Å². The molecule has 1 heteroatoms. The molecule has 70 valence electrons. The van der Waals surface area contributed by atoms with Gasteiger partial charge in [-0.05, 0) is 37.6 Å². The molecule has 2 fully saturated rings. The van der Waals surface area contributed by atoms with Crippen molar-refractivity contribution in [1.29, 1.82) is 0 Å². The summed E-state index contributed by atoms with van der Waals surface area (Å²) in [5.74, 6) is 2.06. The Morgan fingerprint density at radius 3 is 2.83 bits per heavy atom. The van der Waals surface area contributed by atoms with E-state index >= 15 is 0 Å². The van der Waals surface area contributed by atoms with E-state index in [0.717, 1.165) is 17.9 Å². The van der Waals surface area contributed by atoms with Crippen molar-refractivity contribution in [2.24, 2.45) is 11.8 Å². The van der Waals surface area contributed by atoms with Gasteiger partial charge >= 0.3 is 0 Å². The molecule has 0 aromatic carbocycles. The Hall–Kier alpha value is -0.0400. The second-order valence-corrected chi connectivity index (χ2v) is 4.47. The fraction of sp³-hybridized carbons (Fsp3) is 1.00. The van der Waals surface area contributed by atoms with Gasteiger partial charge < -0.3 is 5.32 Å². The largest absolute Gasteiger partial charge is 0.314 e. The molecule has 0 bridgehead atoms. The van der Waals surface area contributed by atoms with Gasteiger partial charge in [-0.2, -0.15) is 0 Å². The molecule has 1 saturated heterocycles. The number of piperidine rings is 1. The maximum atomic E-state index is 3.69. The molecule has 3 atom stereocenters. The maximum Gasteiger partial charge on any atom is 0.00979 e. The Balaban J connectivity index is 1.99. The molecule has 2 rings (SSSR count). The highest BCUT2D eigenvalue weighted by Gasteiger charge is 2.33. The molecule has 2 aliphatic rings. The van der Waals surface area contributed by atoms with Crippen LogP contribution in [0.5, 0.6) is 0 Å². The summed E-state index contributed by atoms with van der Waals surface area (Å²) in [6.07, 6.45) is 8.72. The van der Waals surface area contributed by atoms with Gasteiger partial charge in [0.15, 0.2) is 0 Å². The van der Waals surface area contributed by atoms with Crippen LogP contribution in [0.4, 0.5) is 0 Å². The lowest BCUT2D eigenvalue weighted by Gasteiger charge is -2.41. The monoisotopic (exact) mass is 167 g/mol. The highest BCUT2D eigenvalue weighted by molar-refractivity contribution is 4.88. The molecule has 1 aliphatic carbocycles. The fourth-order valence-electron chi connectivity index (χ4n) is 3.15. The number of rotatable bonds is 1. The first kappa shape index (κ1) is 8.55. The maximum absolute atomic E-state index is 3.69. The first-order valence-electron chi connectivity index (χ1n) is 5.65. The van der Waals surface area contributed by atoms with Crippen molar-refractivity contribution in [2.45, 2.75) is 51.5 Å². The summed E-state index contributed by atoms with van der Waals surface area (Å²) in [7, 11) is 0. The minimum atomic E-state index is 0.887. The quantitative estimate of drug-likeness (QED) is 0.633. The number of hydrogen-bond acceptors (Lipinski definition) is 1. The van der Waals surface area contributed by atoms with Gasteiger partial charge in [0.1, 0.15) is 0 Å². The topological polar surface area (TPSA) is 12.0 Å². The van der Waals surface area contributed by atoms with Crippen LogP contribution in [0.15, 0.2) is 0 Å². The van der Waals surface area contributed by atoms with Crippen LogP contribution in [0.25, 0.3) is 0 Å². The van der Waals surface area contributed by atoms with Crippen LogP contribution in [0.3, 0.4) is 0 Å². The number of fused-ring (bicyclic) bond motifs is 1. The first-order valence-corrected chi connectivity index (χ1v) is 5.65. The summed E-state index contributed by atoms with van der Waals surface area (Å²) in [4.78, 5) is 0. The average molecular weight is 167 g/mol. The van der Waals surface area contributed by atoms with Gasteiger partial charge in [-0.15, -0.1) is 0 Å². The molecular formula is C11H21N. The van der Waals surface area contributed by atoms with Crippen LogP contribution in [0.1, 0.15) is 45.4 Å². The van der Waals surface area contributed by atoms with E-state index < -0.39 is 0 Å². The zero-order valence-corrected chi connectivity index (χ0v) is 8.18. The molecule has 1 aliphatic heterocycles. The van der Waals surface area contributed by atoms with E-state index in [1.807, 2.05) is 0 Å². The third kappa shape index (κ3) is 1.52. The summed E-state index contributed by atoms with van der Waals surface area (Å²) in [6, 6.07) is 0.887. The Morgan fingerprint density at radius 1 is 1.17 bits per heavy atom. The van der Waals surface area contributed by atoms with Gasteiger partial charge in [-0.1, -0.05) is 26.2 Å². The smallest absolute Gasteiger partial charge is 0.00979 e. The Kier molecular flexibility index (Phi) is 2.69. The minimum Gasteiger partial charge on any atom is -0.314 e. The van der Waals surface area contributed by atoms with Crippen LogP contribution >= 0.6 is 0 Å². The summed E-state index contributed by atoms with van der Waals surface area (Å²) in [5.41, 5.74) is 0. The summed E-state index contributed by atoms with van der Waals surface area (Å²) in [5, 5.41) is 3.69. The molecule has 0 aromatic heterocycles. The fourth-order valence-corrected chi connectivity index (χ4v) is 3.15. The van der Waals surface area contributed by atoms with E-state index in [4.69, 9.17) is 0 Å². The lowest BCUT2D eigenvalue weighted by atomic mass is 9.72. The zero-order valence-electron chi connectivity index (χ0n) is 8.18. The molecule has 0 aromatic rings. The minimum absolute atomic E-state index is 0.887. The van der Waals surface area contributed by atoms with E-state index in [9.17, 15) is 0 Å². The summed E-state index contributed by atoms with van der Waals surface area (Å²) < 4.78 is 0. The SMILES string of the molecule is CCC1CCNC2CCCCC12. The van der Waals surface area contributed by atoms with Crippen LogP contribution in [0.2, 0.25) is 0 Å². The molecular weight excluding hydrogens is 146 g/mol. The van der Waals surface area contributed by atoms with Gasteiger partial charge in [-0.3, -0.25) is 0 Å². The number of hydrogen-bond donors (Lipinski definition) is 1. The molecule has 3 unspecified atom stereocenters. The van der Waals surface area contributed by atoms with Gasteiger partial charge in [-0.25, -0.2) is 0 Å². The second-order valence-electron chi connectivity index (χ2n) is 4.47. The van der Waals surface area contributed by atoms with Gasteiger partial charge in [0.05, 0.1) is 0 Å². The molecule has 1 saturated carbocycles. The standard InChI is InChI=1S/C11H21N/c1-2-9-7-8-12-11-6-4-3-5-10(9)11/h9-12H,2-8H2,1H3. The zero-order chi connectivity index (χ0) is 8.39. The summed E-state index contributed by atoms with van der Waals surface area (Å²) in [6.45, 7) is 3.64. The second kappa shape index (κ2) is 3.78. The molecule has 12 heavy (non-hydrogen) atoms. The molecule has 0 amide bonds. The predicted molar refractivity (Wildman–Crippen MR) is 52.1 cm³/mol. The Morgan fingerprint density at radius 2 is 2.00 bits per heavy atom. The normalized spacial score (nSPS) is 42.2. The van der Waals surface area contributed by atoms with E-state index in [1.165, 1.54) is 45.1 Å². The van der Waals surface area contributed by atoms with Gasteiger partial charge in [0, 0.05) is 6.04 Å². The molecule has 0 radical (unpaired) electrons. The van der Waals surface area contributed by atoms with Crippen molar-refractivity contribution in [3.05, 3.63) is 0 Å². The van der Waals surface area contributed by atoms with Crippen LogP contribution in [-0.2, 0) is 0 Å². The van der Waals surface area contributed by atoms with E-state index in [0.29, 0.717) is 0 Å². The summed E-state index contributed by atoms with van der Waals surface area (Å²) >= 11 is 0. The number of nitrogens with one attached hydrogen (secondary N) is 1. The molecule has 1 heterocycles. The van der Waals surface area contributed by atoms with Crippen molar-refractivity contribution in [1.82, 2.24) is 5.32 Å². The average Bonchev–Trinajstić information content (AvgIpc) is 2.17. The molecule has 1 N–H and O–H groups in total. The third-order valence-corrected chi connectivity index (χ3v) is 3.87. The van der Waals surface area contributed by atoms with Crippen molar-refractivity contribution >= 4 is 0 Å². The van der Waals surface area contributed by atoms with Gasteiger partial charge in [0.2, 0.25) is 0 Å². The van der Waals surface area contributed by atoms with Crippen molar-refractivity contribution in [2.75, 3.05) is 6.54 Å². The van der Waals surface area contributed by atoms with Crippen LogP contribution < -0.4 is 5.32 Å². The lowest BCUT2D eigenvalue weighted by Crippen LogP contribution is -2.47. The first-order chi connectivity index (χ1) is 5.92. The highest BCUT2D eigenvalue weighted by Crippen LogP contribution is 2.36. The predicted octanol–water partition coefficient (Wildman–Crippen LogP) is 2.56. The Labute approximate surface area is 75.9 Å². The van der Waals surface area contributed by atoms with E-state index in [2.05, 4.69) is 12.2 Å². The Bertz CT molecular complexity index is 135. The van der Waals surface area contributed by atoms with Crippen molar-refractivity contribution < 1.29 is 0 Å². The molecule has 1 nitrogen and oxygen atoms in total. The van der Waals surface area contributed by atoms with Crippen molar-refractivity contribution in [3.63, 3.8) is 0 Å². The van der Waals surface area contributed by atoms with Crippen LogP contribution in [0, 0.1) is 11.8 Å². The third-order valence-electron chi connectivity index (χ3n) is 3.87. The van der Waals surface area contributed by atoms with Gasteiger partial charge in [0.25, 0.3) is 0 Å². The van der Waals surface area contributed by atoms with E-state index in [-0.39, 0.29) is 0 Å². The molecule has 0 spiro atoms. The lowest BCUT2D eigenvalue weighted by molar-refractivity contribution is 0.136. The van der Waals surface area contributed by atoms with Crippen LogP contribution in [-0.4, -0.2) is 12.6 Å². The van der Waals surface area contributed by atoms with Crippen molar-refractivity contribution in [3.8, 4) is 0 Å².